The molecule has 4 heteroatoms. The van der Waals surface area contributed by atoms with E-state index in [9.17, 15) is 4.79 Å². The van der Waals surface area contributed by atoms with E-state index < -0.39 is 0 Å². The first-order chi connectivity index (χ1) is 6.07. The molecule has 0 heterocycles. The van der Waals surface area contributed by atoms with Gasteiger partial charge in [-0.1, -0.05) is 0 Å². The summed E-state index contributed by atoms with van der Waals surface area (Å²) in [5.41, 5.74) is 0. The van der Waals surface area contributed by atoms with Gasteiger partial charge in [-0.3, -0.25) is 4.79 Å². The highest BCUT2D eigenvalue weighted by molar-refractivity contribution is 6.17. The Balaban J connectivity index is 3.57. The Kier molecular flexibility index (Phi) is 7.00. The van der Waals surface area contributed by atoms with Crippen molar-refractivity contribution in [3.63, 3.8) is 0 Å². The fourth-order valence-corrected chi connectivity index (χ4v) is 1.02. The van der Waals surface area contributed by atoms with E-state index in [-0.39, 0.29) is 5.91 Å². The van der Waals surface area contributed by atoms with Crippen LogP contribution in [0.2, 0.25) is 0 Å². The molecule has 0 bridgehead atoms. The normalized spacial score (nSPS) is 10.5. The Morgan fingerprint density at radius 3 is 2.31 bits per heavy atom. The molecule has 0 aromatic heterocycles. The molecule has 0 N–H and O–H groups in total. The lowest BCUT2D eigenvalue weighted by Gasteiger charge is -2.19. The van der Waals surface area contributed by atoms with Crippen molar-refractivity contribution in [2.24, 2.45) is 0 Å². The second kappa shape index (κ2) is 7.15. The second-order valence-corrected chi connectivity index (χ2v) is 3.79. The van der Waals surface area contributed by atoms with Gasteiger partial charge in [0, 0.05) is 32.4 Å². The third kappa shape index (κ3) is 6.84. The van der Waals surface area contributed by atoms with Crippen molar-refractivity contribution in [2.45, 2.75) is 12.8 Å². The zero-order valence-corrected chi connectivity index (χ0v) is 9.47. The molecule has 1 amide bonds. The molecule has 78 valence electrons. The first-order valence-electron chi connectivity index (χ1n) is 4.52. The highest BCUT2D eigenvalue weighted by atomic mass is 35.5. The van der Waals surface area contributed by atoms with Gasteiger partial charge in [0.05, 0.1) is 0 Å². The fraction of sp³-hybridized carbons (Fsp3) is 0.889. The van der Waals surface area contributed by atoms with Crippen LogP contribution in [0.4, 0.5) is 0 Å². The van der Waals surface area contributed by atoms with Gasteiger partial charge < -0.3 is 9.80 Å². The van der Waals surface area contributed by atoms with Gasteiger partial charge in [-0.05, 0) is 20.5 Å². The quantitative estimate of drug-likeness (QED) is 0.606. The Hall–Kier alpha value is -0.280. The zero-order valence-electron chi connectivity index (χ0n) is 8.72. The summed E-state index contributed by atoms with van der Waals surface area (Å²) >= 11 is 5.50. The predicted octanol–water partition coefficient (Wildman–Crippen LogP) is 1.03. The van der Waals surface area contributed by atoms with E-state index in [1.54, 1.807) is 4.90 Å². The lowest BCUT2D eigenvalue weighted by molar-refractivity contribution is -0.130. The van der Waals surface area contributed by atoms with E-state index in [4.69, 9.17) is 11.6 Å². The minimum atomic E-state index is 0.183. The van der Waals surface area contributed by atoms with Crippen molar-refractivity contribution < 1.29 is 4.79 Å². The van der Waals surface area contributed by atoms with E-state index >= 15 is 0 Å². The summed E-state index contributed by atoms with van der Waals surface area (Å²) in [5, 5.41) is 0. The molecule has 0 aliphatic rings. The third-order valence-electron chi connectivity index (χ3n) is 1.83. The fourth-order valence-electron chi connectivity index (χ4n) is 0.884. The van der Waals surface area contributed by atoms with Crippen molar-refractivity contribution in [3.8, 4) is 0 Å². The van der Waals surface area contributed by atoms with E-state index in [2.05, 4.69) is 4.90 Å². The molecule has 0 aromatic rings. The van der Waals surface area contributed by atoms with Crippen LogP contribution in [0.1, 0.15) is 12.8 Å². The molecule has 0 aromatic carbocycles. The number of hydrogen-bond donors (Lipinski definition) is 0. The first kappa shape index (κ1) is 12.7. The van der Waals surface area contributed by atoms with Gasteiger partial charge in [-0.15, -0.1) is 11.6 Å². The SMILES string of the molecule is CN(C)CCN(C)C(=O)CCCCl. The van der Waals surface area contributed by atoms with Crippen molar-refractivity contribution in [1.82, 2.24) is 9.80 Å². The molecule has 0 spiro atoms. The van der Waals surface area contributed by atoms with Crippen molar-refractivity contribution in [3.05, 3.63) is 0 Å². The van der Waals surface area contributed by atoms with E-state index in [0.29, 0.717) is 12.3 Å². The second-order valence-electron chi connectivity index (χ2n) is 3.41. The summed E-state index contributed by atoms with van der Waals surface area (Å²) < 4.78 is 0. The molecule has 0 unspecified atom stereocenters. The first-order valence-corrected chi connectivity index (χ1v) is 5.06. The van der Waals surface area contributed by atoms with Crippen LogP contribution < -0.4 is 0 Å². The van der Waals surface area contributed by atoms with Crippen LogP contribution >= 0.6 is 11.6 Å². The monoisotopic (exact) mass is 206 g/mol. The lowest BCUT2D eigenvalue weighted by Crippen LogP contribution is -2.33. The summed E-state index contributed by atoms with van der Waals surface area (Å²) in [6.45, 7) is 1.69. The maximum Gasteiger partial charge on any atom is 0.222 e. The molecule has 0 saturated heterocycles. The summed E-state index contributed by atoms with van der Waals surface area (Å²) in [5.74, 6) is 0.746. The molecule has 0 radical (unpaired) electrons. The minimum Gasteiger partial charge on any atom is -0.344 e. The molecular weight excluding hydrogens is 188 g/mol. The summed E-state index contributed by atoms with van der Waals surface area (Å²) in [6.07, 6.45) is 1.33. The van der Waals surface area contributed by atoms with Crippen LogP contribution in [0.15, 0.2) is 0 Å². The van der Waals surface area contributed by atoms with Crippen molar-refractivity contribution in [2.75, 3.05) is 40.1 Å². The Bertz CT molecular complexity index is 151. The van der Waals surface area contributed by atoms with E-state index in [1.165, 1.54) is 0 Å². The molecule has 0 atom stereocenters. The topological polar surface area (TPSA) is 23.6 Å². The summed E-state index contributed by atoms with van der Waals surface area (Å²) in [7, 11) is 5.83. The minimum absolute atomic E-state index is 0.183. The summed E-state index contributed by atoms with van der Waals surface area (Å²) in [4.78, 5) is 15.2. The van der Waals surface area contributed by atoms with Gasteiger partial charge in [0.25, 0.3) is 0 Å². The van der Waals surface area contributed by atoms with Gasteiger partial charge in [0.1, 0.15) is 0 Å². The number of likely N-dealkylation sites (N-methyl/N-ethyl adjacent to an activating group) is 2. The average molecular weight is 207 g/mol. The van der Waals surface area contributed by atoms with Crippen molar-refractivity contribution >= 4 is 17.5 Å². The van der Waals surface area contributed by atoms with Gasteiger partial charge in [0.2, 0.25) is 5.91 Å². The molecule has 0 rings (SSSR count). The van der Waals surface area contributed by atoms with Crippen LogP contribution in [-0.2, 0) is 4.79 Å². The smallest absolute Gasteiger partial charge is 0.222 e. The largest absolute Gasteiger partial charge is 0.344 e. The highest BCUT2D eigenvalue weighted by Crippen LogP contribution is 1.97. The maximum atomic E-state index is 11.4. The van der Waals surface area contributed by atoms with Crippen molar-refractivity contribution in [1.29, 1.82) is 0 Å². The Labute approximate surface area is 85.6 Å². The number of rotatable bonds is 6. The number of halogens is 1. The molecule has 0 aliphatic carbocycles. The van der Waals surface area contributed by atoms with Crippen LogP contribution in [0.5, 0.6) is 0 Å². The molecule has 0 aliphatic heterocycles. The van der Waals surface area contributed by atoms with Crippen LogP contribution in [0.25, 0.3) is 0 Å². The van der Waals surface area contributed by atoms with E-state index in [1.807, 2.05) is 21.1 Å². The summed E-state index contributed by atoms with van der Waals surface area (Å²) in [6, 6.07) is 0. The third-order valence-corrected chi connectivity index (χ3v) is 2.10. The molecule has 13 heavy (non-hydrogen) atoms. The molecule has 0 saturated carbocycles. The number of hydrogen-bond acceptors (Lipinski definition) is 2. The molecular formula is C9H19ClN2O. The Morgan fingerprint density at radius 2 is 1.85 bits per heavy atom. The number of nitrogens with zero attached hydrogens (tertiary/aromatic N) is 2. The van der Waals surface area contributed by atoms with Crippen LogP contribution in [0.3, 0.4) is 0 Å². The molecule has 0 fully saturated rings. The van der Waals surface area contributed by atoms with Gasteiger partial charge in [-0.25, -0.2) is 0 Å². The van der Waals surface area contributed by atoms with E-state index in [0.717, 1.165) is 19.5 Å². The highest BCUT2D eigenvalue weighted by Gasteiger charge is 2.07. The number of alkyl halides is 1. The van der Waals surface area contributed by atoms with Gasteiger partial charge in [-0.2, -0.15) is 0 Å². The van der Waals surface area contributed by atoms with Gasteiger partial charge in [0.15, 0.2) is 0 Å². The maximum absolute atomic E-state index is 11.4. The number of amides is 1. The molecule has 3 nitrogen and oxygen atoms in total. The van der Waals surface area contributed by atoms with Crippen LogP contribution in [0, 0.1) is 0 Å². The standard InChI is InChI=1S/C9H19ClN2O/c1-11(2)7-8-12(3)9(13)5-4-6-10/h4-8H2,1-3H3. The average Bonchev–Trinajstić information content (AvgIpc) is 2.10. The zero-order chi connectivity index (χ0) is 10.3. The lowest BCUT2D eigenvalue weighted by atomic mass is 10.3. The number of carbonyl (C=O) groups excluding carboxylic acids is 1. The van der Waals surface area contributed by atoms with Gasteiger partial charge >= 0.3 is 0 Å². The Morgan fingerprint density at radius 1 is 1.23 bits per heavy atom. The number of carbonyl (C=O) groups is 1. The van der Waals surface area contributed by atoms with Crippen LogP contribution in [-0.4, -0.2) is 55.8 Å². The predicted molar refractivity (Wildman–Crippen MR) is 56.1 cm³/mol.